The molecule has 6 nitrogen and oxygen atoms in total. The van der Waals surface area contributed by atoms with Crippen LogP contribution in [0, 0.1) is 10.1 Å². The topological polar surface area (TPSA) is 89.6 Å². The van der Waals surface area contributed by atoms with E-state index >= 15 is 0 Å². The fourth-order valence-corrected chi connectivity index (χ4v) is 2.47. The number of sulfonamides is 1. The molecule has 0 atom stereocenters. The summed E-state index contributed by atoms with van der Waals surface area (Å²) in [6.45, 7) is 0. The van der Waals surface area contributed by atoms with E-state index in [1.54, 1.807) is 24.3 Å². The Bertz CT molecular complexity index is 784. The summed E-state index contributed by atoms with van der Waals surface area (Å²) >= 11 is 5.72. The van der Waals surface area contributed by atoms with Gasteiger partial charge >= 0.3 is 0 Å². The van der Waals surface area contributed by atoms with Gasteiger partial charge in [-0.1, -0.05) is 23.7 Å². The molecule has 0 aliphatic rings. The first kappa shape index (κ1) is 15.1. The van der Waals surface area contributed by atoms with Gasteiger partial charge in [0.2, 0.25) is 0 Å². The quantitative estimate of drug-likeness (QED) is 0.491. The molecule has 0 amide bonds. The van der Waals surface area contributed by atoms with Gasteiger partial charge in [-0.25, -0.2) is 0 Å². The minimum atomic E-state index is -3.90. The van der Waals surface area contributed by atoms with Gasteiger partial charge in [0.1, 0.15) is 0 Å². The van der Waals surface area contributed by atoms with Gasteiger partial charge in [-0.3, -0.25) is 10.1 Å². The molecule has 8 heteroatoms. The number of non-ortho nitro benzene ring substituents is 1. The lowest BCUT2D eigenvalue weighted by atomic mass is 10.2. The van der Waals surface area contributed by atoms with Crippen molar-refractivity contribution in [2.75, 3.05) is 0 Å². The first-order valence-electron chi connectivity index (χ1n) is 5.69. The van der Waals surface area contributed by atoms with Crippen LogP contribution in [0.2, 0.25) is 5.02 Å². The zero-order valence-electron chi connectivity index (χ0n) is 10.5. The highest BCUT2D eigenvalue weighted by Gasteiger charge is 2.13. The Morgan fingerprint density at radius 1 is 1.05 bits per heavy atom. The van der Waals surface area contributed by atoms with Crippen molar-refractivity contribution >= 4 is 33.5 Å². The highest BCUT2D eigenvalue weighted by atomic mass is 35.5. The number of nitro benzene ring substituents is 1. The van der Waals surface area contributed by atoms with Crippen LogP contribution in [0.5, 0.6) is 0 Å². The van der Waals surface area contributed by atoms with Gasteiger partial charge in [0, 0.05) is 23.4 Å². The maximum atomic E-state index is 12.0. The van der Waals surface area contributed by atoms with Gasteiger partial charge < -0.3 is 0 Å². The predicted molar refractivity (Wildman–Crippen MR) is 79.3 cm³/mol. The third-order valence-corrected chi connectivity index (χ3v) is 4.06. The average Bonchev–Trinajstić information content (AvgIpc) is 2.47. The van der Waals surface area contributed by atoms with E-state index in [1.165, 1.54) is 6.21 Å². The van der Waals surface area contributed by atoms with E-state index in [0.29, 0.717) is 10.6 Å². The second kappa shape index (κ2) is 6.02. The zero-order valence-corrected chi connectivity index (χ0v) is 12.1. The second-order valence-corrected chi connectivity index (χ2v) is 6.08. The summed E-state index contributed by atoms with van der Waals surface area (Å²) in [6, 6.07) is 11.0. The predicted octanol–water partition coefficient (Wildman–Crippen LogP) is 3.06. The molecule has 2 aromatic rings. The Kier molecular flexibility index (Phi) is 4.35. The van der Waals surface area contributed by atoms with Gasteiger partial charge in [0.15, 0.2) is 0 Å². The van der Waals surface area contributed by atoms with Crippen LogP contribution in [-0.4, -0.2) is 19.6 Å². The maximum Gasteiger partial charge on any atom is 0.282 e. The van der Waals surface area contributed by atoms with E-state index in [0.717, 1.165) is 24.3 Å². The van der Waals surface area contributed by atoms with E-state index in [1.807, 2.05) is 0 Å². The van der Waals surface area contributed by atoms with E-state index in [4.69, 9.17) is 11.6 Å². The first-order valence-corrected chi connectivity index (χ1v) is 7.51. The third kappa shape index (κ3) is 3.87. The average molecular weight is 325 g/mol. The monoisotopic (exact) mass is 324 g/mol. The largest absolute Gasteiger partial charge is 0.282 e. The molecular formula is C13H9ClN2O4S. The van der Waals surface area contributed by atoms with Crippen molar-refractivity contribution in [2.24, 2.45) is 4.40 Å². The molecule has 0 spiro atoms. The lowest BCUT2D eigenvalue weighted by molar-refractivity contribution is -0.384. The van der Waals surface area contributed by atoms with Crippen molar-refractivity contribution in [1.29, 1.82) is 0 Å². The summed E-state index contributed by atoms with van der Waals surface area (Å²) in [7, 11) is -3.90. The highest BCUT2D eigenvalue weighted by Crippen LogP contribution is 2.17. The first-order chi connectivity index (χ1) is 9.88. The molecule has 21 heavy (non-hydrogen) atoms. The van der Waals surface area contributed by atoms with Gasteiger partial charge in [0.25, 0.3) is 15.7 Å². The lowest BCUT2D eigenvalue weighted by Crippen LogP contribution is -1.98. The van der Waals surface area contributed by atoms with Crippen LogP contribution in [0.15, 0.2) is 57.8 Å². The zero-order chi connectivity index (χ0) is 15.5. The summed E-state index contributed by atoms with van der Waals surface area (Å²) in [5.74, 6) is 0. The number of hydrogen-bond acceptors (Lipinski definition) is 4. The van der Waals surface area contributed by atoms with Crippen molar-refractivity contribution in [3.63, 3.8) is 0 Å². The van der Waals surface area contributed by atoms with Crippen molar-refractivity contribution in [3.8, 4) is 0 Å². The Hall–Kier alpha value is -2.25. The minimum absolute atomic E-state index is 0.113. The summed E-state index contributed by atoms with van der Waals surface area (Å²) < 4.78 is 27.5. The second-order valence-electron chi connectivity index (χ2n) is 4.01. The molecule has 108 valence electrons. The number of rotatable bonds is 4. The molecule has 0 saturated heterocycles. The number of hydrogen-bond donors (Lipinski definition) is 0. The molecule has 0 unspecified atom stereocenters. The summed E-state index contributed by atoms with van der Waals surface area (Å²) in [4.78, 5) is 9.80. The van der Waals surface area contributed by atoms with Crippen LogP contribution in [0.4, 0.5) is 5.69 Å². The van der Waals surface area contributed by atoms with Crippen LogP contribution in [0.25, 0.3) is 0 Å². The Morgan fingerprint density at radius 3 is 2.14 bits per heavy atom. The van der Waals surface area contributed by atoms with Gasteiger partial charge in [-0.05, 0) is 29.8 Å². The molecular weight excluding hydrogens is 316 g/mol. The lowest BCUT2D eigenvalue weighted by Gasteiger charge is -1.98. The van der Waals surface area contributed by atoms with Crippen LogP contribution < -0.4 is 0 Å². The molecule has 0 aliphatic heterocycles. The van der Waals surface area contributed by atoms with E-state index in [-0.39, 0.29) is 10.6 Å². The number of nitro groups is 1. The van der Waals surface area contributed by atoms with Crippen LogP contribution >= 0.6 is 11.6 Å². The molecule has 0 radical (unpaired) electrons. The van der Waals surface area contributed by atoms with Gasteiger partial charge in [-0.2, -0.15) is 12.8 Å². The SMILES string of the molecule is O=[N+]([O-])c1ccc(S(=O)(=O)/N=C/c2ccc(Cl)cc2)cc1. The Morgan fingerprint density at radius 2 is 1.62 bits per heavy atom. The van der Waals surface area contributed by atoms with Gasteiger partial charge in [0.05, 0.1) is 9.82 Å². The molecule has 2 aromatic carbocycles. The molecule has 2 rings (SSSR count). The van der Waals surface area contributed by atoms with E-state index in [9.17, 15) is 18.5 Å². The van der Waals surface area contributed by atoms with Crippen LogP contribution in [-0.2, 0) is 10.0 Å². The van der Waals surface area contributed by atoms with E-state index in [2.05, 4.69) is 4.40 Å². The smallest absolute Gasteiger partial charge is 0.258 e. The van der Waals surface area contributed by atoms with Gasteiger partial charge in [-0.15, -0.1) is 0 Å². The molecule has 0 aromatic heterocycles. The molecule has 0 fully saturated rings. The summed E-state index contributed by atoms with van der Waals surface area (Å²) in [5.41, 5.74) is 0.389. The number of benzene rings is 2. The maximum absolute atomic E-state index is 12.0. The standard InChI is InChI=1S/C13H9ClN2O4S/c14-11-3-1-10(2-4-11)9-15-21(19,20)13-7-5-12(6-8-13)16(17)18/h1-9H/b15-9+. The molecule has 0 saturated carbocycles. The number of halogens is 1. The molecule has 0 heterocycles. The summed E-state index contributed by atoms with van der Waals surface area (Å²) in [5, 5.41) is 11.0. The van der Waals surface area contributed by atoms with Crippen LogP contribution in [0.3, 0.4) is 0 Å². The third-order valence-electron chi connectivity index (χ3n) is 2.56. The minimum Gasteiger partial charge on any atom is -0.258 e. The summed E-state index contributed by atoms with van der Waals surface area (Å²) in [6.07, 6.45) is 1.19. The van der Waals surface area contributed by atoms with E-state index < -0.39 is 14.9 Å². The highest BCUT2D eigenvalue weighted by molar-refractivity contribution is 7.90. The van der Waals surface area contributed by atoms with Crippen molar-refractivity contribution in [1.82, 2.24) is 0 Å². The van der Waals surface area contributed by atoms with Crippen molar-refractivity contribution in [3.05, 3.63) is 69.2 Å². The fraction of sp³-hybridized carbons (Fsp3) is 0. The molecule has 0 N–H and O–H groups in total. The van der Waals surface area contributed by atoms with Crippen molar-refractivity contribution in [2.45, 2.75) is 4.90 Å². The van der Waals surface area contributed by atoms with Crippen molar-refractivity contribution < 1.29 is 13.3 Å². The number of nitrogens with zero attached hydrogens (tertiary/aromatic N) is 2. The molecule has 0 bridgehead atoms. The normalized spacial score (nSPS) is 11.7. The fourth-order valence-electron chi connectivity index (χ4n) is 1.48. The Balaban J connectivity index is 2.25. The Labute approximate surface area is 125 Å². The molecule has 0 aliphatic carbocycles. The van der Waals surface area contributed by atoms with Crippen LogP contribution in [0.1, 0.15) is 5.56 Å².